The van der Waals surface area contributed by atoms with E-state index < -0.39 is 0 Å². The molecule has 5 heterocycles. The van der Waals surface area contributed by atoms with E-state index in [1.807, 2.05) is 18.5 Å². The number of aliphatic hydroxyl groups excluding tert-OH is 1. The fraction of sp³-hybridized carbons (Fsp3) is 0.478. The molecule has 2 saturated heterocycles. The van der Waals surface area contributed by atoms with E-state index in [-0.39, 0.29) is 6.61 Å². The quantitative estimate of drug-likeness (QED) is 0.410. The average Bonchev–Trinajstić information content (AvgIpc) is 3.27. The lowest BCUT2D eigenvalue weighted by Gasteiger charge is -2.49. The SMILES string of the molecule is COc1cc(Nc2cc(CO)[nH]n2)nc(NC2C[C@H]3CCC[C@@H](C2)N3Cc2cccnc2)n1. The first kappa shape index (κ1) is 21.6. The zero-order valence-electron chi connectivity index (χ0n) is 18.7. The number of nitrogens with one attached hydrogen (secondary N) is 3. The topological polar surface area (TPSA) is 124 Å². The largest absolute Gasteiger partial charge is 0.481 e. The van der Waals surface area contributed by atoms with E-state index in [0.29, 0.717) is 47.3 Å². The van der Waals surface area contributed by atoms with Crippen LogP contribution >= 0.6 is 0 Å². The number of aliphatic hydroxyl groups is 1. The Labute approximate surface area is 192 Å². The molecule has 1 unspecified atom stereocenters. The number of fused-ring (bicyclic) bond motifs is 2. The van der Waals surface area contributed by atoms with E-state index in [1.54, 1.807) is 19.2 Å². The molecule has 4 N–H and O–H groups in total. The second kappa shape index (κ2) is 9.72. The van der Waals surface area contributed by atoms with E-state index in [9.17, 15) is 5.11 Å². The molecule has 10 nitrogen and oxygen atoms in total. The van der Waals surface area contributed by atoms with Gasteiger partial charge in [-0.15, -0.1) is 0 Å². The van der Waals surface area contributed by atoms with Crippen molar-refractivity contribution >= 4 is 17.6 Å². The van der Waals surface area contributed by atoms with Crippen LogP contribution in [-0.2, 0) is 13.2 Å². The standard InChI is InChI=1S/C23H30N8O2/c1-33-22-11-20(26-21-10-17(14-32)29-30-21)27-23(28-22)25-16-8-18-5-2-6-19(9-16)31(18)13-15-4-3-7-24-12-15/h3-4,7,10-12,16,18-19,32H,2,5-6,8-9,13-14H2,1H3,(H3,25,26,27,28,29,30)/t16?,18-,19+. The number of pyridine rings is 1. The first-order valence-corrected chi connectivity index (χ1v) is 11.5. The van der Waals surface area contributed by atoms with Crippen LogP contribution < -0.4 is 15.4 Å². The third kappa shape index (κ3) is 5.07. The van der Waals surface area contributed by atoms with Gasteiger partial charge in [-0.3, -0.25) is 15.0 Å². The summed E-state index contributed by atoms with van der Waals surface area (Å²) in [4.78, 5) is 16.1. The molecule has 3 atom stereocenters. The van der Waals surface area contributed by atoms with Gasteiger partial charge in [0, 0.05) is 49.2 Å². The number of hydrogen-bond donors (Lipinski definition) is 4. The summed E-state index contributed by atoms with van der Waals surface area (Å²) in [6, 6.07) is 9.02. The molecule has 33 heavy (non-hydrogen) atoms. The Morgan fingerprint density at radius 2 is 2.03 bits per heavy atom. The summed E-state index contributed by atoms with van der Waals surface area (Å²) >= 11 is 0. The average molecular weight is 451 g/mol. The molecule has 2 aliphatic heterocycles. The van der Waals surface area contributed by atoms with Gasteiger partial charge in [-0.2, -0.15) is 15.1 Å². The van der Waals surface area contributed by atoms with Crippen molar-refractivity contribution in [2.24, 2.45) is 0 Å². The maximum absolute atomic E-state index is 9.23. The molecule has 174 valence electrons. The number of hydrogen-bond acceptors (Lipinski definition) is 9. The van der Waals surface area contributed by atoms with Crippen LogP contribution in [-0.4, -0.2) is 60.4 Å². The summed E-state index contributed by atoms with van der Waals surface area (Å²) in [7, 11) is 1.59. The van der Waals surface area contributed by atoms with Gasteiger partial charge in [0.2, 0.25) is 11.8 Å². The molecule has 0 radical (unpaired) electrons. The highest BCUT2D eigenvalue weighted by Crippen LogP contribution is 2.36. The van der Waals surface area contributed by atoms with Crippen LogP contribution in [0.15, 0.2) is 36.7 Å². The third-order valence-electron chi connectivity index (χ3n) is 6.52. The monoisotopic (exact) mass is 450 g/mol. The van der Waals surface area contributed by atoms with Crippen molar-refractivity contribution in [3.63, 3.8) is 0 Å². The van der Waals surface area contributed by atoms with Gasteiger partial charge in [0.1, 0.15) is 5.82 Å². The fourth-order valence-corrected chi connectivity index (χ4v) is 5.04. The van der Waals surface area contributed by atoms with Gasteiger partial charge in [-0.05, 0) is 37.3 Å². The van der Waals surface area contributed by atoms with Crippen LogP contribution in [0.1, 0.15) is 43.4 Å². The molecule has 2 fully saturated rings. The number of anilines is 3. The third-order valence-corrected chi connectivity index (χ3v) is 6.52. The molecule has 3 aromatic rings. The van der Waals surface area contributed by atoms with Crippen molar-refractivity contribution in [1.82, 2.24) is 30.0 Å². The van der Waals surface area contributed by atoms with Crippen LogP contribution in [0.4, 0.5) is 17.6 Å². The first-order chi connectivity index (χ1) is 16.2. The lowest BCUT2D eigenvalue weighted by molar-refractivity contribution is 0.0276. The van der Waals surface area contributed by atoms with Crippen LogP contribution in [0.25, 0.3) is 0 Å². The number of nitrogens with zero attached hydrogens (tertiary/aromatic N) is 5. The van der Waals surface area contributed by atoms with Crippen LogP contribution in [0, 0.1) is 0 Å². The maximum Gasteiger partial charge on any atom is 0.228 e. The Morgan fingerprint density at radius 3 is 2.73 bits per heavy atom. The number of methoxy groups -OCH3 is 1. The number of ether oxygens (including phenoxy) is 1. The molecule has 0 aromatic carbocycles. The zero-order valence-corrected chi connectivity index (χ0v) is 18.7. The predicted molar refractivity (Wildman–Crippen MR) is 124 cm³/mol. The van der Waals surface area contributed by atoms with Crippen molar-refractivity contribution in [3.8, 4) is 5.88 Å². The Balaban J connectivity index is 1.28. The summed E-state index contributed by atoms with van der Waals surface area (Å²) in [5.41, 5.74) is 1.90. The van der Waals surface area contributed by atoms with Gasteiger partial charge < -0.3 is 20.5 Å². The Bertz CT molecular complexity index is 1050. The zero-order chi connectivity index (χ0) is 22.6. The predicted octanol–water partition coefficient (Wildman–Crippen LogP) is 2.84. The minimum atomic E-state index is -0.101. The molecular formula is C23H30N8O2. The molecule has 0 spiro atoms. The molecule has 2 aliphatic rings. The number of H-pyrrole nitrogens is 1. The lowest BCUT2D eigenvalue weighted by Crippen LogP contribution is -2.54. The molecule has 2 bridgehead atoms. The number of rotatable bonds is 8. The molecule has 0 aliphatic carbocycles. The maximum atomic E-state index is 9.23. The number of aromatic nitrogens is 5. The normalized spacial score (nSPS) is 22.7. The minimum Gasteiger partial charge on any atom is -0.481 e. The fourth-order valence-electron chi connectivity index (χ4n) is 5.04. The van der Waals surface area contributed by atoms with E-state index in [2.05, 4.69) is 46.7 Å². The van der Waals surface area contributed by atoms with Gasteiger partial charge in [0.25, 0.3) is 0 Å². The highest BCUT2D eigenvalue weighted by Gasteiger charge is 2.38. The van der Waals surface area contributed by atoms with E-state index in [1.165, 1.54) is 24.8 Å². The van der Waals surface area contributed by atoms with Gasteiger partial charge in [-0.1, -0.05) is 12.5 Å². The molecule has 0 saturated carbocycles. The summed E-state index contributed by atoms with van der Waals surface area (Å²) < 4.78 is 5.39. The van der Waals surface area contributed by atoms with Crippen LogP contribution in [0.3, 0.4) is 0 Å². The highest BCUT2D eigenvalue weighted by atomic mass is 16.5. The summed E-state index contributed by atoms with van der Waals surface area (Å²) in [5, 5.41) is 22.8. The van der Waals surface area contributed by atoms with E-state index >= 15 is 0 Å². The number of piperidine rings is 2. The highest BCUT2D eigenvalue weighted by molar-refractivity contribution is 5.55. The molecule has 10 heteroatoms. The van der Waals surface area contributed by atoms with Crippen molar-refractivity contribution in [2.75, 3.05) is 17.7 Å². The van der Waals surface area contributed by atoms with Crippen molar-refractivity contribution in [3.05, 3.63) is 47.9 Å². The number of aromatic amines is 1. The lowest BCUT2D eigenvalue weighted by atomic mass is 9.81. The van der Waals surface area contributed by atoms with E-state index in [4.69, 9.17) is 4.74 Å². The molecule has 0 amide bonds. The molecule has 5 rings (SSSR count). The Kier molecular flexibility index (Phi) is 6.36. The summed E-state index contributed by atoms with van der Waals surface area (Å²) in [6.45, 7) is 0.857. The van der Waals surface area contributed by atoms with Gasteiger partial charge in [0.05, 0.1) is 19.4 Å². The van der Waals surface area contributed by atoms with Crippen LogP contribution in [0.5, 0.6) is 5.88 Å². The molecule has 3 aromatic heterocycles. The first-order valence-electron chi connectivity index (χ1n) is 11.5. The van der Waals surface area contributed by atoms with Crippen molar-refractivity contribution in [1.29, 1.82) is 0 Å². The molecular weight excluding hydrogens is 420 g/mol. The minimum absolute atomic E-state index is 0.101. The Morgan fingerprint density at radius 1 is 1.18 bits per heavy atom. The second-order valence-electron chi connectivity index (χ2n) is 8.77. The summed E-state index contributed by atoms with van der Waals surface area (Å²) in [5.74, 6) is 2.17. The van der Waals surface area contributed by atoms with Gasteiger partial charge >= 0.3 is 0 Å². The smallest absolute Gasteiger partial charge is 0.228 e. The van der Waals surface area contributed by atoms with Gasteiger partial charge in [-0.25, -0.2) is 0 Å². The van der Waals surface area contributed by atoms with E-state index in [0.717, 1.165) is 19.4 Å². The van der Waals surface area contributed by atoms with Gasteiger partial charge in [0.15, 0.2) is 5.82 Å². The van der Waals surface area contributed by atoms with Crippen molar-refractivity contribution < 1.29 is 9.84 Å². The summed E-state index contributed by atoms with van der Waals surface area (Å²) in [6.07, 6.45) is 9.63. The van der Waals surface area contributed by atoms with Crippen LogP contribution in [0.2, 0.25) is 0 Å². The Hall–Kier alpha value is -3.24. The second-order valence-corrected chi connectivity index (χ2v) is 8.77. The van der Waals surface area contributed by atoms with Crippen molar-refractivity contribution in [2.45, 2.75) is 63.4 Å².